The maximum atomic E-state index is 12.4. The lowest BCUT2D eigenvalue weighted by Gasteiger charge is -2.10. The van der Waals surface area contributed by atoms with Crippen LogP contribution >= 0.6 is 0 Å². The fourth-order valence-electron chi connectivity index (χ4n) is 2.28. The fourth-order valence-corrected chi connectivity index (χ4v) is 2.28. The summed E-state index contributed by atoms with van der Waals surface area (Å²) in [6.07, 6.45) is 0. The molecule has 3 rings (SSSR count). The number of methoxy groups -OCH3 is 1. The molecule has 0 atom stereocenters. The lowest BCUT2D eigenvalue weighted by molar-refractivity contribution is 0.102. The molecule has 0 aliphatic heterocycles. The Morgan fingerprint density at radius 2 is 2.04 bits per heavy atom. The molecule has 2 aromatic carbocycles. The van der Waals surface area contributed by atoms with Gasteiger partial charge in [0.05, 0.1) is 24.8 Å². The van der Waals surface area contributed by atoms with Crippen LogP contribution in [0.15, 0.2) is 42.5 Å². The van der Waals surface area contributed by atoms with E-state index in [1.54, 1.807) is 25.3 Å². The third-order valence-corrected chi connectivity index (χ3v) is 3.35. The Hall–Kier alpha value is -3.02. The van der Waals surface area contributed by atoms with Crippen LogP contribution in [0.25, 0.3) is 11.0 Å². The van der Waals surface area contributed by atoms with Crippen molar-refractivity contribution in [1.29, 1.82) is 0 Å². The number of carbonyl (C=O) groups is 1. The average Bonchev–Trinajstić information content (AvgIpc) is 2.97. The second-order valence-electron chi connectivity index (χ2n) is 4.86. The van der Waals surface area contributed by atoms with E-state index in [9.17, 15) is 4.79 Å². The first kappa shape index (κ1) is 14.9. The van der Waals surface area contributed by atoms with Crippen molar-refractivity contribution >= 4 is 22.9 Å². The van der Waals surface area contributed by atoms with Gasteiger partial charge in [-0.1, -0.05) is 12.1 Å². The van der Waals surface area contributed by atoms with Crippen LogP contribution < -0.4 is 14.8 Å². The zero-order valence-corrected chi connectivity index (χ0v) is 12.9. The second-order valence-corrected chi connectivity index (χ2v) is 4.86. The number of hydrogen-bond donors (Lipinski definition) is 2. The Balaban J connectivity index is 1.82. The number of H-pyrrole nitrogens is 1. The number of rotatable bonds is 5. The Kier molecular flexibility index (Phi) is 4.14. The number of nitrogens with zero attached hydrogens (tertiary/aromatic N) is 1. The Morgan fingerprint density at radius 3 is 2.78 bits per heavy atom. The Labute approximate surface area is 133 Å². The van der Waals surface area contributed by atoms with Gasteiger partial charge in [-0.05, 0) is 37.3 Å². The molecular formula is C17H17N3O3. The summed E-state index contributed by atoms with van der Waals surface area (Å²) in [7, 11) is 1.54. The molecule has 0 fully saturated rings. The van der Waals surface area contributed by atoms with E-state index in [0.29, 0.717) is 29.6 Å². The van der Waals surface area contributed by atoms with E-state index in [2.05, 4.69) is 15.3 Å². The van der Waals surface area contributed by atoms with Gasteiger partial charge in [-0.2, -0.15) is 0 Å². The molecule has 3 aromatic rings. The lowest BCUT2D eigenvalue weighted by atomic mass is 10.2. The normalized spacial score (nSPS) is 10.5. The minimum Gasteiger partial charge on any atom is -0.493 e. The minimum atomic E-state index is -0.273. The smallest absolute Gasteiger partial charge is 0.258 e. The van der Waals surface area contributed by atoms with Crippen molar-refractivity contribution in [1.82, 2.24) is 9.97 Å². The van der Waals surface area contributed by atoms with Gasteiger partial charge in [-0.25, -0.2) is 4.98 Å². The Bertz CT molecular complexity index is 809. The lowest BCUT2D eigenvalue weighted by Crippen LogP contribution is -2.13. The number of aromatic nitrogens is 2. The summed E-state index contributed by atoms with van der Waals surface area (Å²) >= 11 is 0. The number of ether oxygens (including phenoxy) is 2. The molecule has 118 valence electrons. The number of amides is 1. The van der Waals surface area contributed by atoms with Crippen molar-refractivity contribution in [2.24, 2.45) is 0 Å². The van der Waals surface area contributed by atoms with Crippen molar-refractivity contribution in [3.05, 3.63) is 48.0 Å². The number of fused-ring (bicyclic) bond motifs is 1. The minimum absolute atomic E-state index is 0.273. The average molecular weight is 311 g/mol. The molecule has 1 amide bonds. The van der Waals surface area contributed by atoms with Gasteiger partial charge in [-0.3, -0.25) is 10.1 Å². The SMILES string of the molecule is CCOc1ccc(C(=O)Nc2nc3ccccc3[nH]2)cc1OC. The van der Waals surface area contributed by atoms with Crippen molar-refractivity contribution in [2.45, 2.75) is 6.92 Å². The molecule has 0 saturated carbocycles. The Morgan fingerprint density at radius 1 is 1.22 bits per heavy atom. The quantitative estimate of drug-likeness (QED) is 0.758. The molecule has 0 spiro atoms. The fraction of sp³-hybridized carbons (Fsp3) is 0.176. The van der Waals surface area contributed by atoms with E-state index in [-0.39, 0.29) is 5.91 Å². The van der Waals surface area contributed by atoms with Crippen LogP contribution in [0, 0.1) is 0 Å². The van der Waals surface area contributed by atoms with E-state index in [1.807, 2.05) is 31.2 Å². The maximum Gasteiger partial charge on any atom is 0.258 e. The highest BCUT2D eigenvalue weighted by Gasteiger charge is 2.13. The van der Waals surface area contributed by atoms with E-state index in [4.69, 9.17) is 9.47 Å². The first-order valence-electron chi connectivity index (χ1n) is 7.28. The van der Waals surface area contributed by atoms with Gasteiger partial charge in [0.15, 0.2) is 11.5 Å². The number of carbonyl (C=O) groups excluding carboxylic acids is 1. The largest absolute Gasteiger partial charge is 0.493 e. The molecular weight excluding hydrogens is 294 g/mol. The first-order valence-corrected chi connectivity index (χ1v) is 7.28. The summed E-state index contributed by atoms with van der Waals surface area (Å²) in [6, 6.07) is 12.6. The highest BCUT2D eigenvalue weighted by molar-refractivity contribution is 6.04. The highest BCUT2D eigenvalue weighted by Crippen LogP contribution is 2.28. The van der Waals surface area contributed by atoms with E-state index in [1.165, 1.54) is 0 Å². The zero-order valence-electron chi connectivity index (χ0n) is 12.9. The van der Waals surface area contributed by atoms with Crippen LogP contribution in [0.5, 0.6) is 11.5 Å². The van der Waals surface area contributed by atoms with E-state index < -0.39 is 0 Å². The van der Waals surface area contributed by atoms with Gasteiger partial charge in [0.1, 0.15) is 0 Å². The molecule has 6 nitrogen and oxygen atoms in total. The van der Waals surface area contributed by atoms with Crippen LogP contribution in [0.3, 0.4) is 0 Å². The number of hydrogen-bond acceptors (Lipinski definition) is 4. The van der Waals surface area contributed by atoms with Crippen molar-refractivity contribution < 1.29 is 14.3 Å². The molecule has 6 heteroatoms. The molecule has 1 heterocycles. The number of aromatic amines is 1. The molecule has 0 aliphatic carbocycles. The number of para-hydroxylation sites is 2. The molecule has 0 unspecified atom stereocenters. The third kappa shape index (κ3) is 3.11. The molecule has 1 aromatic heterocycles. The molecule has 23 heavy (non-hydrogen) atoms. The molecule has 0 saturated heterocycles. The second kappa shape index (κ2) is 6.39. The topological polar surface area (TPSA) is 76.2 Å². The monoisotopic (exact) mass is 311 g/mol. The van der Waals surface area contributed by atoms with Crippen LogP contribution in [-0.4, -0.2) is 29.6 Å². The van der Waals surface area contributed by atoms with Crippen molar-refractivity contribution in [3.8, 4) is 11.5 Å². The first-order chi connectivity index (χ1) is 11.2. The van der Waals surface area contributed by atoms with E-state index >= 15 is 0 Å². The zero-order chi connectivity index (χ0) is 16.2. The van der Waals surface area contributed by atoms with Gasteiger partial charge in [0, 0.05) is 5.56 Å². The van der Waals surface area contributed by atoms with Gasteiger partial charge in [-0.15, -0.1) is 0 Å². The summed E-state index contributed by atoms with van der Waals surface area (Å²) in [5, 5.41) is 2.75. The number of anilines is 1. The van der Waals surface area contributed by atoms with Crippen molar-refractivity contribution in [3.63, 3.8) is 0 Å². The van der Waals surface area contributed by atoms with Crippen LogP contribution in [0.1, 0.15) is 17.3 Å². The van der Waals surface area contributed by atoms with Crippen LogP contribution in [0.2, 0.25) is 0 Å². The number of nitrogens with one attached hydrogen (secondary N) is 2. The summed E-state index contributed by atoms with van der Waals surface area (Å²) in [5.74, 6) is 1.26. The van der Waals surface area contributed by atoms with Gasteiger partial charge >= 0.3 is 0 Å². The van der Waals surface area contributed by atoms with Crippen molar-refractivity contribution in [2.75, 3.05) is 19.0 Å². The highest BCUT2D eigenvalue weighted by atomic mass is 16.5. The number of benzene rings is 2. The molecule has 0 aliphatic rings. The van der Waals surface area contributed by atoms with Gasteiger partial charge < -0.3 is 14.5 Å². The third-order valence-electron chi connectivity index (χ3n) is 3.35. The number of imidazole rings is 1. The summed E-state index contributed by atoms with van der Waals surface area (Å²) in [5.41, 5.74) is 2.13. The summed E-state index contributed by atoms with van der Waals surface area (Å²) in [4.78, 5) is 19.7. The van der Waals surface area contributed by atoms with Gasteiger partial charge in [0.25, 0.3) is 5.91 Å². The summed E-state index contributed by atoms with van der Waals surface area (Å²) < 4.78 is 10.7. The van der Waals surface area contributed by atoms with Crippen LogP contribution in [-0.2, 0) is 0 Å². The standard InChI is InChI=1S/C17H17N3O3/c1-3-23-14-9-8-11(10-15(14)22-2)16(21)20-17-18-12-6-4-5-7-13(12)19-17/h4-10H,3H2,1-2H3,(H2,18,19,20,21). The predicted molar refractivity (Wildman–Crippen MR) is 88.2 cm³/mol. The maximum absolute atomic E-state index is 12.4. The van der Waals surface area contributed by atoms with E-state index in [0.717, 1.165) is 11.0 Å². The summed E-state index contributed by atoms with van der Waals surface area (Å²) in [6.45, 7) is 2.42. The molecule has 2 N–H and O–H groups in total. The predicted octanol–water partition coefficient (Wildman–Crippen LogP) is 3.22. The molecule has 0 radical (unpaired) electrons. The molecule has 0 bridgehead atoms. The van der Waals surface area contributed by atoms with Crippen LogP contribution in [0.4, 0.5) is 5.95 Å². The van der Waals surface area contributed by atoms with Gasteiger partial charge in [0.2, 0.25) is 5.95 Å².